The monoisotopic (exact) mass is 257 g/mol. The van der Waals surface area contributed by atoms with Gasteiger partial charge in [0.1, 0.15) is 0 Å². The van der Waals surface area contributed by atoms with Crippen LogP contribution in [0, 0.1) is 5.41 Å². The summed E-state index contributed by atoms with van der Waals surface area (Å²) in [7, 11) is 0. The third-order valence-corrected chi connectivity index (χ3v) is 3.72. The van der Waals surface area contributed by atoms with Crippen molar-refractivity contribution >= 4 is 0 Å². The second-order valence-electron chi connectivity index (χ2n) is 6.88. The molecular formula is C18H27N. The third-order valence-electron chi connectivity index (χ3n) is 3.72. The first-order valence-corrected chi connectivity index (χ1v) is 7.50. The number of benzene rings is 1. The summed E-state index contributed by atoms with van der Waals surface area (Å²) in [5.74, 6) is 0. The molecule has 0 saturated carbocycles. The van der Waals surface area contributed by atoms with Gasteiger partial charge in [-0.15, -0.1) is 0 Å². The van der Waals surface area contributed by atoms with E-state index in [0.717, 1.165) is 0 Å². The van der Waals surface area contributed by atoms with Crippen molar-refractivity contribution in [3.8, 4) is 0 Å². The van der Waals surface area contributed by atoms with Crippen LogP contribution in [0.2, 0.25) is 0 Å². The fourth-order valence-corrected chi connectivity index (χ4v) is 2.80. The van der Waals surface area contributed by atoms with Crippen LogP contribution in [-0.2, 0) is 0 Å². The maximum Gasteiger partial charge on any atom is 0.0327 e. The standard InChI is InChI=1S/C18H27N/c1-18(2,3)14-17(15-10-6-4-7-11-15)19-16-12-8-5-9-13-16/h4-8,10-11,16-17,19H,9,12-14H2,1-3H3. The molecule has 1 aromatic carbocycles. The molecule has 0 spiro atoms. The van der Waals surface area contributed by atoms with Gasteiger partial charge in [-0.1, -0.05) is 63.3 Å². The first-order valence-electron chi connectivity index (χ1n) is 7.50. The molecule has 19 heavy (non-hydrogen) atoms. The highest BCUT2D eigenvalue weighted by Gasteiger charge is 2.22. The van der Waals surface area contributed by atoms with E-state index in [9.17, 15) is 0 Å². The van der Waals surface area contributed by atoms with Crippen molar-refractivity contribution in [1.29, 1.82) is 0 Å². The van der Waals surface area contributed by atoms with Gasteiger partial charge in [0.15, 0.2) is 0 Å². The van der Waals surface area contributed by atoms with Crippen molar-refractivity contribution < 1.29 is 0 Å². The van der Waals surface area contributed by atoms with Crippen molar-refractivity contribution in [2.75, 3.05) is 0 Å². The van der Waals surface area contributed by atoms with Crippen molar-refractivity contribution in [2.24, 2.45) is 5.41 Å². The van der Waals surface area contributed by atoms with E-state index in [0.29, 0.717) is 17.5 Å². The van der Waals surface area contributed by atoms with Crippen LogP contribution in [0.1, 0.15) is 58.1 Å². The lowest BCUT2D eigenvalue weighted by Gasteiger charge is -2.31. The highest BCUT2D eigenvalue weighted by molar-refractivity contribution is 5.19. The van der Waals surface area contributed by atoms with E-state index in [1.54, 1.807) is 0 Å². The van der Waals surface area contributed by atoms with Crippen LogP contribution in [0.15, 0.2) is 42.5 Å². The molecule has 0 fully saturated rings. The summed E-state index contributed by atoms with van der Waals surface area (Å²) < 4.78 is 0. The molecule has 1 heteroatoms. The molecule has 0 radical (unpaired) electrons. The van der Waals surface area contributed by atoms with Crippen LogP contribution in [0.5, 0.6) is 0 Å². The molecule has 2 unspecified atom stereocenters. The molecule has 1 aliphatic rings. The quantitative estimate of drug-likeness (QED) is 0.759. The van der Waals surface area contributed by atoms with Gasteiger partial charge in [-0.3, -0.25) is 0 Å². The molecule has 0 aromatic heterocycles. The van der Waals surface area contributed by atoms with Gasteiger partial charge in [-0.25, -0.2) is 0 Å². The van der Waals surface area contributed by atoms with Crippen LogP contribution < -0.4 is 5.32 Å². The first kappa shape index (κ1) is 14.3. The molecule has 1 aliphatic carbocycles. The summed E-state index contributed by atoms with van der Waals surface area (Å²) in [4.78, 5) is 0. The van der Waals surface area contributed by atoms with E-state index in [4.69, 9.17) is 0 Å². The van der Waals surface area contributed by atoms with Gasteiger partial charge in [0.05, 0.1) is 0 Å². The number of nitrogens with one attached hydrogen (secondary N) is 1. The summed E-state index contributed by atoms with van der Waals surface area (Å²) in [6, 6.07) is 12.0. The first-order chi connectivity index (χ1) is 9.04. The lowest BCUT2D eigenvalue weighted by molar-refractivity contribution is 0.286. The maximum absolute atomic E-state index is 3.88. The van der Waals surface area contributed by atoms with E-state index in [1.807, 2.05) is 0 Å². The summed E-state index contributed by atoms with van der Waals surface area (Å²) in [6.07, 6.45) is 9.46. The summed E-state index contributed by atoms with van der Waals surface area (Å²) in [5.41, 5.74) is 1.77. The average molecular weight is 257 g/mol. The van der Waals surface area contributed by atoms with Gasteiger partial charge in [0.2, 0.25) is 0 Å². The molecule has 1 N–H and O–H groups in total. The van der Waals surface area contributed by atoms with Gasteiger partial charge in [0, 0.05) is 12.1 Å². The van der Waals surface area contributed by atoms with Gasteiger partial charge in [-0.2, -0.15) is 0 Å². The minimum atomic E-state index is 0.345. The topological polar surface area (TPSA) is 12.0 Å². The van der Waals surface area contributed by atoms with E-state index >= 15 is 0 Å². The van der Waals surface area contributed by atoms with Crippen LogP contribution in [0.3, 0.4) is 0 Å². The molecule has 0 saturated heterocycles. The molecule has 1 nitrogen and oxygen atoms in total. The SMILES string of the molecule is CC(C)(C)CC(NC1CC=CCC1)c1ccccc1. The Balaban J connectivity index is 2.08. The normalized spacial score (nSPS) is 21.3. The molecule has 1 aromatic rings. The predicted molar refractivity (Wildman–Crippen MR) is 83.2 cm³/mol. The van der Waals surface area contributed by atoms with E-state index in [2.05, 4.69) is 68.6 Å². The molecule has 0 aliphatic heterocycles. The van der Waals surface area contributed by atoms with E-state index in [1.165, 1.54) is 31.2 Å². The zero-order chi connectivity index (χ0) is 13.7. The van der Waals surface area contributed by atoms with Gasteiger partial charge in [-0.05, 0) is 36.7 Å². The molecule has 0 amide bonds. The lowest BCUT2D eigenvalue weighted by atomic mass is 9.84. The van der Waals surface area contributed by atoms with Crippen molar-refractivity contribution in [3.05, 3.63) is 48.0 Å². The Morgan fingerprint density at radius 1 is 1.16 bits per heavy atom. The highest BCUT2D eigenvalue weighted by Crippen LogP contribution is 2.30. The lowest BCUT2D eigenvalue weighted by Crippen LogP contribution is -2.35. The van der Waals surface area contributed by atoms with E-state index < -0.39 is 0 Å². The largest absolute Gasteiger partial charge is 0.307 e. The number of rotatable bonds is 4. The Labute approximate surface area is 118 Å². The molecule has 2 rings (SSSR count). The number of allylic oxidation sites excluding steroid dienone is 1. The Kier molecular flexibility index (Phi) is 4.81. The molecule has 104 valence electrons. The summed E-state index contributed by atoms with van der Waals surface area (Å²) in [5, 5.41) is 3.88. The second kappa shape index (κ2) is 6.38. The van der Waals surface area contributed by atoms with Crippen LogP contribution in [0.25, 0.3) is 0 Å². The zero-order valence-corrected chi connectivity index (χ0v) is 12.5. The van der Waals surface area contributed by atoms with E-state index in [-0.39, 0.29) is 0 Å². The van der Waals surface area contributed by atoms with Gasteiger partial charge < -0.3 is 5.32 Å². The Morgan fingerprint density at radius 3 is 2.47 bits per heavy atom. The predicted octanol–water partition coefficient (Wildman–Crippen LogP) is 4.86. The molecule has 0 heterocycles. The average Bonchev–Trinajstić information content (AvgIpc) is 2.39. The summed E-state index contributed by atoms with van der Waals surface area (Å²) in [6.45, 7) is 6.97. The number of hydrogen-bond donors (Lipinski definition) is 1. The Morgan fingerprint density at radius 2 is 1.89 bits per heavy atom. The maximum atomic E-state index is 3.88. The smallest absolute Gasteiger partial charge is 0.0327 e. The fourth-order valence-electron chi connectivity index (χ4n) is 2.80. The fraction of sp³-hybridized carbons (Fsp3) is 0.556. The van der Waals surface area contributed by atoms with Gasteiger partial charge >= 0.3 is 0 Å². The van der Waals surface area contributed by atoms with Crippen molar-refractivity contribution in [2.45, 2.75) is 58.5 Å². The molecule has 0 bridgehead atoms. The van der Waals surface area contributed by atoms with Crippen molar-refractivity contribution in [1.82, 2.24) is 5.32 Å². The van der Waals surface area contributed by atoms with Crippen molar-refractivity contribution in [3.63, 3.8) is 0 Å². The highest BCUT2D eigenvalue weighted by atomic mass is 15.0. The van der Waals surface area contributed by atoms with Crippen LogP contribution in [-0.4, -0.2) is 6.04 Å². The Hall–Kier alpha value is -1.08. The minimum Gasteiger partial charge on any atom is -0.307 e. The van der Waals surface area contributed by atoms with Gasteiger partial charge in [0.25, 0.3) is 0 Å². The Bertz CT molecular complexity index is 399. The zero-order valence-electron chi connectivity index (χ0n) is 12.5. The minimum absolute atomic E-state index is 0.345. The number of hydrogen-bond acceptors (Lipinski definition) is 1. The summed E-state index contributed by atoms with van der Waals surface area (Å²) >= 11 is 0. The molecule has 2 atom stereocenters. The second-order valence-corrected chi connectivity index (χ2v) is 6.88. The van der Waals surface area contributed by atoms with Crippen LogP contribution >= 0.6 is 0 Å². The van der Waals surface area contributed by atoms with Crippen LogP contribution in [0.4, 0.5) is 0 Å². The third kappa shape index (κ3) is 4.83. The molecular weight excluding hydrogens is 230 g/mol.